The Bertz CT molecular complexity index is 1420. The van der Waals surface area contributed by atoms with Crippen molar-refractivity contribution in [2.45, 2.75) is 64.8 Å². The third-order valence-electron chi connectivity index (χ3n) is 8.51. The number of likely N-dealkylation sites (tertiary alicyclic amines) is 1. The van der Waals surface area contributed by atoms with Crippen LogP contribution in [0, 0.1) is 11.7 Å². The summed E-state index contributed by atoms with van der Waals surface area (Å²) in [4.78, 5) is 28.4. The number of unbranched alkanes of at least 4 members (excludes halogenated alkanes) is 1. The van der Waals surface area contributed by atoms with Crippen molar-refractivity contribution in [3.8, 4) is 11.5 Å². The van der Waals surface area contributed by atoms with Crippen molar-refractivity contribution in [3.63, 3.8) is 0 Å². The van der Waals surface area contributed by atoms with Crippen LogP contribution in [0.3, 0.4) is 0 Å². The minimum absolute atomic E-state index is 0.00320. The highest BCUT2D eigenvalue weighted by Crippen LogP contribution is 2.48. The van der Waals surface area contributed by atoms with Gasteiger partial charge in [-0.25, -0.2) is 4.39 Å². The molecule has 7 nitrogen and oxygen atoms in total. The third-order valence-corrected chi connectivity index (χ3v) is 8.51. The van der Waals surface area contributed by atoms with Gasteiger partial charge in [-0.05, 0) is 65.6 Å². The number of aryl methyl sites for hydroxylation is 3. The molecule has 1 fully saturated rings. The van der Waals surface area contributed by atoms with Crippen LogP contribution in [0.25, 0.3) is 0 Å². The van der Waals surface area contributed by atoms with E-state index in [1.807, 2.05) is 47.4 Å². The summed E-state index contributed by atoms with van der Waals surface area (Å²) in [5.41, 5.74) is 5.46. The highest BCUT2D eigenvalue weighted by molar-refractivity contribution is 5.94. The number of nitrogens with one attached hydrogen (secondary N) is 1. The number of nitrogens with zero attached hydrogens (tertiary/aromatic N) is 1. The average Bonchev–Trinajstić information content (AvgIpc) is 3.62. The van der Waals surface area contributed by atoms with Gasteiger partial charge in [-0.1, -0.05) is 69.7 Å². The van der Waals surface area contributed by atoms with Crippen LogP contribution in [0.5, 0.6) is 11.5 Å². The molecule has 5 rings (SSSR count). The molecular weight excluding hydrogens is 535 g/mol. The highest BCUT2D eigenvalue weighted by Gasteiger charge is 2.48. The second kappa shape index (κ2) is 12.9. The number of anilines is 1. The van der Waals surface area contributed by atoms with Gasteiger partial charge in [0, 0.05) is 24.2 Å². The number of rotatable bonds is 11. The summed E-state index contributed by atoms with van der Waals surface area (Å²) in [6.45, 7) is 6.43. The molecule has 0 aliphatic carbocycles. The van der Waals surface area contributed by atoms with Gasteiger partial charge in [0.2, 0.25) is 18.4 Å². The van der Waals surface area contributed by atoms with E-state index in [0.29, 0.717) is 5.56 Å². The lowest BCUT2D eigenvalue weighted by Crippen LogP contribution is -2.35. The topological polar surface area (TPSA) is 88.1 Å². The first-order valence-electron chi connectivity index (χ1n) is 14.9. The summed E-state index contributed by atoms with van der Waals surface area (Å²) in [5.74, 6) is -2.96. The first-order valence-corrected chi connectivity index (χ1v) is 14.9. The van der Waals surface area contributed by atoms with Gasteiger partial charge in [-0.2, -0.15) is 0 Å². The molecule has 2 heterocycles. The summed E-state index contributed by atoms with van der Waals surface area (Å²) in [7, 11) is 0. The van der Waals surface area contributed by atoms with E-state index in [1.165, 1.54) is 11.6 Å². The zero-order valence-corrected chi connectivity index (χ0v) is 24.5. The van der Waals surface area contributed by atoms with E-state index in [2.05, 4.69) is 26.1 Å². The summed E-state index contributed by atoms with van der Waals surface area (Å²) < 4.78 is 25.6. The number of amides is 1. The van der Waals surface area contributed by atoms with Crippen molar-refractivity contribution in [2.24, 2.45) is 5.92 Å². The Hall–Kier alpha value is -3.91. The molecule has 2 aliphatic heterocycles. The second-order valence-electron chi connectivity index (χ2n) is 11.1. The Balaban J connectivity index is 1.49. The molecule has 222 valence electrons. The third kappa shape index (κ3) is 6.00. The SMILES string of the molecule is CCCCc1ccc([C@H]2C(C(=O)O)[C@@H](c3cc(F)c4c(c3)OCO4)CN2CC(=O)Nc2c(CC)cccc2CC)cc1. The van der Waals surface area contributed by atoms with Gasteiger partial charge in [-0.3, -0.25) is 14.5 Å². The lowest BCUT2D eigenvalue weighted by Gasteiger charge is -2.27. The van der Waals surface area contributed by atoms with Crippen LogP contribution in [-0.2, 0) is 28.9 Å². The van der Waals surface area contributed by atoms with Crippen molar-refractivity contribution < 1.29 is 28.6 Å². The van der Waals surface area contributed by atoms with Crippen LogP contribution in [0.2, 0.25) is 0 Å². The number of halogens is 1. The van der Waals surface area contributed by atoms with E-state index in [1.54, 1.807) is 6.07 Å². The van der Waals surface area contributed by atoms with Gasteiger partial charge in [0.25, 0.3) is 0 Å². The fourth-order valence-electron chi connectivity index (χ4n) is 6.36. The van der Waals surface area contributed by atoms with Crippen molar-refractivity contribution in [1.29, 1.82) is 0 Å². The maximum Gasteiger partial charge on any atom is 0.309 e. The Morgan fingerprint density at radius 1 is 1.00 bits per heavy atom. The standard InChI is InChI=1S/C34H39FN2O5/c1-4-7-9-21-12-14-24(15-13-21)32-30(34(39)40)26(25-16-27(35)33-28(17-25)41-20-42-33)18-37(32)19-29(38)36-31-22(5-2)10-8-11-23(31)6-3/h8,10-17,26,30,32H,4-7,9,18-20H2,1-3H3,(H,36,38)(H,39,40)/t26-,30?,32+/m1/s1. The molecule has 1 amide bonds. The number of hydrogen-bond donors (Lipinski definition) is 2. The van der Waals surface area contributed by atoms with E-state index < -0.39 is 29.7 Å². The minimum atomic E-state index is -0.995. The second-order valence-corrected chi connectivity index (χ2v) is 11.1. The molecular formula is C34H39FN2O5. The van der Waals surface area contributed by atoms with E-state index in [0.717, 1.165) is 54.5 Å². The molecule has 3 aromatic carbocycles. The minimum Gasteiger partial charge on any atom is -0.481 e. The number of benzene rings is 3. The van der Waals surface area contributed by atoms with E-state index in [4.69, 9.17) is 9.47 Å². The zero-order valence-electron chi connectivity index (χ0n) is 24.5. The van der Waals surface area contributed by atoms with Crippen LogP contribution >= 0.6 is 0 Å². The van der Waals surface area contributed by atoms with Gasteiger partial charge in [0.15, 0.2) is 11.6 Å². The Labute approximate surface area is 246 Å². The first-order chi connectivity index (χ1) is 20.3. The summed E-state index contributed by atoms with van der Waals surface area (Å²) in [6, 6.07) is 16.5. The molecule has 8 heteroatoms. The summed E-state index contributed by atoms with van der Waals surface area (Å²) >= 11 is 0. The molecule has 0 aromatic heterocycles. The van der Waals surface area contributed by atoms with Crippen LogP contribution in [0.15, 0.2) is 54.6 Å². The molecule has 42 heavy (non-hydrogen) atoms. The van der Waals surface area contributed by atoms with Crippen molar-refractivity contribution >= 4 is 17.6 Å². The number of aliphatic carboxylic acids is 1. The first kappa shape index (κ1) is 29.6. The molecule has 2 N–H and O–H groups in total. The number of hydrogen-bond acceptors (Lipinski definition) is 5. The fraction of sp³-hybridized carbons (Fsp3) is 0.412. The molecule has 2 aliphatic rings. The summed E-state index contributed by atoms with van der Waals surface area (Å²) in [5, 5.41) is 13.7. The van der Waals surface area contributed by atoms with Gasteiger partial charge in [0.05, 0.1) is 12.5 Å². The normalized spacial score (nSPS) is 19.7. The van der Waals surface area contributed by atoms with Gasteiger partial charge < -0.3 is 19.9 Å². The maximum absolute atomic E-state index is 15.0. The van der Waals surface area contributed by atoms with E-state index >= 15 is 0 Å². The predicted molar refractivity (Wildman–Crippen MR) is 160 cm³/mol. The largest absolute Gasteiger partial charge is 0.481 e. The zero-order chi connectivity index (χ0) is 29.8. The quantitative estimate of drug-likeness (QED) is 0.272. The number of carboxylic acids is 1. The van der Waals surface area contributed by atoms with Crippen molar-refractivity contribution in [1.82, 2.24) is 4.90 Å². The Kier molecular flexibility index (Phi) is 9.12. The van der Waals surface area contributed by atoms with E-state index in [9.17, 15) is 19.1 Å². The van der Waals surface area contributed by atoms with Gasteiger partial charge >= 0.3 is 5.97 Å². The monoisotopic (exact) mass is 574 g/mol. The fourth-order valence-corrected chi connectivity index (χ4v) is 6.36. The average molecular weight is 575 g/mol. The van der Waals surface area contributed by atoms with Crippen LogP contribution in [0.4, 0.5) is 10.1 Å². The molecule has 0 radical (unpaired) electrons. The molecule has 3 atom stereocenters. The smallest absolute Gasteiger partial charge is 0.309 e. The lowest BCUT2D eigenvalue weighted by molar-refractivity contribution is -0.143. The van der Waals surface area contributed by atoms with Crippen LogP contribution < -0.4 is 14.8 Å². The number of fused-ring (bicyclic) bond motifs is 1. The highest BCUT2D eigenvalue weighted by atomic mass is 19.1. The summed E-state index contributed by atoms with van der Waals surface area (Å²) in [6.07, 6.45) is 4.66. The van der Waals surface area contributed by atoms with Crippen LogP contribution in [0.1, 0.15) is 73.4 Å². The maximum atomic E-state index is 15.0. The number of ether oxygens (including phenoxy) is 2. The molecule has 1 saturated heterocycles. The van der Waals surface area contributed by atoms with E-state index in [-0.39, 0.29) is 37.3 Å². The molecule has 3 aromatic rings. The Morgan fingerprint density at radius 3 is 2.36 bits per heavy atom. The van der Waals surface area contributed by atoms with Crippen molar-refractivity contribution in [2.75, 3.05) is 25.2 Å². The number of para-hydroxylation sites is 1. The predicted octanol–water partition coefficient (Wildman–Crippen LogP) is 6.50. The number of carbonyl (C=O) groups excluding carboxylic acids is 1. The van der Waals surface area contributed by atoms with Crippen molar-refractivity contribution in [3.05, 3.63) is 88.2 Å². The molecule has 0 spiro atoms. The molecule has 1 unspecified atom stereocenters. The number of carboxylic acid groups (broad SMARTS) is 1. The molecule has 0 bridgehead atoms. The number of carbonyl (C=O) groups is 2. The van der Waals surface area contributed by atoms with Gasteiger partial charge in [-0.15, -0.1) is 0 Å². The molecule has 0 saturated carbocycles. The lowest BCUT2D eigenvalue weighted by atomic mass is 9.82. The Morgan fingerprint density at radius 2 is 1.71 bits per heavy atom. The van der Waals surface area contributed by atoms with Crippen LogP contribution in [-0.4, -0.2) is 41.8 Å². The van der Waals surface area contributed by atoms with Gasteiger partial charge in [0.1, 0.15) is 0 Å².